The molecular formula is C8H17N3. The summed E-state index contributed by atoms with van der Waals surface area (Å²) < 4.78 is 0. The van der Waals surface area contributed by atoms with Crippen LogP contribution >= 0.6 is 0 Å². The van der Waals surface area contributed by atoms with Crippen LogP contribution in [0.15, 0.2) is 9.98 Å². The molecule has 0 atom stereocenters. The van der Waals surface area contributed by atoms with Gasteiger partial charge in [-0.3, -0.25) is 0 Å². The minimum absolute atomic E-state index is 0.302. The van der Waals surface area contributed by atoms with Crippen LogP contribution in [0.4, 0.5) is 0 Å². The highest BCUT2D eigenvalue weighted by Crippen LogP contribution is 1.92. The van der Waals surface area contributed by atoms with Crippen LogP contribution in [0.5, 0.6) is 0 Å². The van der Waals surface area contributed by atoms with E-state index in [9.17, 15) is 0 Å². The maximum Gasteiger partial charge on any atom is 0.219 e. The number of nitrogens with zero attached hydrogens (tertiary/aromatic N) is 3. The molecule has 64 valence electrons. The van der Waals surface area contributed by atoms with Gasteiger partial charge in [-0.25, -0.2) is 9.98 Å². The van der Waals surface area contributed by atoms with Crippen LogP contribution in [-0.4, -0.2) is 37.2 Å². The molecule has 0 aromatic carbocycles. The van der Waals surface area contributed by atoms with Crippen molar-refractivity contribution < 1.29 is 0 Å². The highest BCUT2D eigenvalue weighted by molar-refractivity contribution is 5.86. The van der Waals surface area contributed by atoms with Crippen molar-refractivity contribution in [2.24, 2.45) is 9.98 Å². The lowest BCUT2D eigenvalue weighted by Gasteiger charge is -2.11. The molecule has 0 rings (SSSR count). The standard InChI is InChI=1S/C8H17N3/c1-6-9-8(11(4)5)10-7(2)3/h6-7H,1-5H3. The maximum absolute atomic E-state index is 4.31. The van der Waals surface area contributed by atoms with Crippen molar-refractivity contribution >= 4 is 12.2 Å². The van der Waals surface area contributed by atoms with Gasteiger partial charge < -0.3 is 4.90 Å². The van der Waals surface area contributed by atoms with E-state index in [-0.39, 0.29) is 0 Å². The molecule has 11 heavy (non-hydrogen) atoms. The third kappa shape index (κ3) is 4.53. The Labute approximate surface area is 68.8 Å². The van der Waals surface area contributed by atoms with E-state index in [2.05, 4.69) is 9.98 Å². The molecule has 3 nitrogen and oxygen atoms in total. The van der Waals surface area contributed by atoms with Crippen LogP contribution < -0.4 is 0 Å². The van der Waals surface area contributed by atoms with Gasteiger partial charge in [0.2, 0.25) is 5.96 Å². The van der Waals surface area contributed by atoms with Crippen molar-refractivity contribution in [3.63, 3.8) is 0 Å². The highest BCUT2D eigenvalue weighted by atomic mass is 15.2. The normalized spacial score (nSPS) is 13.1. The summed E-state index contributed by atoms with van der Waals surface area (Å²) in [7, 11) is 3.88. The molecule has 0 saturated carbocycles. The van der Waals surface area contributed by atoms with Crippen LogP contribution in [-0.2, 0) is 0 Å². The van der Waals surface area contributed by atoms with E-state index in [0.717, 1.165) is 5.96 Å². The first-order valence-electron chi connectivity index (χ1n) is 3.81. The molecule has 0 aliphatic rings. The summed E-state index contributed by atoms with van der Waals surface area (Å²) in [4.78, 5) is 10.3. The zero-order valence-corrected chi connectivity index (χ0v) is 8.00. The van der Waals surface area contributed by atoms with E-state index in [1.54, 1.807) is 6.21 Å². The van der Waals surface area contributed by atoms with Crippen LogP contribution in [0.25, 0.3) is 0 Å². The van der Waals surface area contributed by atoms with Crippen molar-refractivity contribution in [2.45, 2.75) is 26.8 Å². The molecule has 0 aliphatic carbocycles. The Balaban J connectivity index is 4.33. The molecular weight excluding hydrogens is 138 g/mol. The Kier molecular flexibility index (Phi) is 4.50. The predicted molar refractivity (Wildman–Crippen MR) is 50.4 cm³/mol. The number of guanidine groups is 1. The van der Waals surface area contributed by atoms with Gasteiger partial charge >= 0.3 is 0 Å². The third-order valence-corrected chi connectivity index (χ3v) is 1.02. The summed E-state index contributed by atoms with van der Waals surface area (Å²) >= 11 is 0. The Morgan fingerprint density at radius 2 is 1.91 bits per heavy atom. The summed E-state index contributed by atoms with van der Waals surface area (Å²) in [5.74, 6) is 0.780. The quantitative estimate of drug-likeness (QED) is 0.415. The summed E-state index contributed by atoms with van der Waals surface area (Å²) in [6.45, 7) is 5.96. The minimum atomic E-state index is 0.302. The lowest BCUT2D eigenvalue weighted by atomic mass is 10.4. The zero-order valence-electron chi connectivity index (χ0n) is 8.00. The first-order chi connectivity index (χ1) is 5.07. The second kappa shape index (κ2) is 4.88. The van der Waals surface area contributed by atoms with Crippen molar-refractivity contribution in [1.29, 1.82) is 0 Å². The smallest absolute Gasteiger partial charge is 0.219 e. The largest absolute Gasteiger partial charge is 0.347 e. The molecule has 0 aromatic heterocycles. The Hall–Kier alpha value is -0.860. The van der Waals surface area contributed by atoms with E-state index >= 15 is 0 Å². The topological polar surface area (TPSA) is 28.0 Å². The van der Waals surface area contributed by atoms with Crippen molar-refractivity contribution in [2.75, 3.05) is 14.1 Å². The molecule has 3 heteroatoms. The van der Waals surface area contributed by atoms with Crippen molar-refractivity contribution in [1.82, 2.24) is 4.90 Å². The first kappa shape index (κ1) is 10.1. The molecule has 0 unspecified atom stereocenters. The van der Waals surface area contributed by atoms with E-state index in [0.29, 0.717) is 6.04 Å². The van der Waals surface area contributed by atoms with Gasteiger partial charge in [0, 0.05) is 26.4 Å². The Morgan fingerprint density at radius 3 is 2.18 bits per heavy atom. The number of hydrogen-bond acceptors (Lipinski definition) is 1. The molecule has 0 N–H and O–H groups in total. The summed E-state index contributed by atoms with van der Waals surface area (Å²) in [5.41, 5.74) is 0. The molecule has 0 heterocycles. The van der Waals surface area contributed by atoms with E-state index in [1.165, 1.54) is 0 Å². The Morgan fingerprint density at radius 1 is 1.36 bits per heavy atom. The Bertz CT molecular complexity index is 157. The van der Waals surface area contributed by atoms with Crippen LogP contribution in [0.1, 0.15) is 20.8 Å². The van der Waals surface area contributed by atoms with Gasteiger partial charge in [-0.1, -0.05) is 0 Å². The molecule has 0 radical (unpaired) electrons. The summed E-state index contributed by atoms with van der Waals surface area (Å²) in [6.07, 6.45) is 1.75. The molecule has 0 amide bonds. The van der Waals surface area contributed by atoms with Crippen molar-refractivity contribution in [3.8, 4) is 0 Å². The molecule has 0 spiro atoms. The summed E-state index contributed by atoms with van der Waals surface area (Å²) in [6, 6.07) is 0.302. The molecule has 0 aliphatic heterocycles. The maximum atomic E-state index is 4.31. The van der Waals surface area contributed by atoms with Gasteiger partial charge in [0.25, 0.3) is 0 Å². The molecule has 0 bridgehead atoms. The predicted octanol–water partition coefficient (Wildman–Crippen LogP) is 1.40. The van der Waals surface area contributed by atoms with Gasteiger partial charge in [-0.2, -0.15) is 0 Å². The van der Waals surface area contributed by atoms with Crippen molar-refractivity contribution in [3.05, 3.63) is 0 Å². The number of hydrogen-bond donors (Lipinski definition) is 0. The second-order valence-corrected chi connectivity index (χ2v) is 2.80. The zero-order chi connectivity index (χ0) is 8.85. The average Bonchev–Trinajstić information content (AvgIpc) is 1.86. The first-order valence-corrected chi connectivity index (χ1v) is 3.81. The van der Waals surface area contributed by atoms with E-state index in [4.69, 9.17) is 0 Å². The fourth-order valence-corrected chi connectivity index (χ4v) is 0.611. The second-order valence-electron chi connectivity index (χ2n) is 2.80. The van der Waals surface area contributed by atoms with Gasteiger partial charge in [0.1, 0.15) is 0 Å². The number of rotatable bonds is 1. The van der Waals surface area contributed by atoms with E-state index < -0.39 is 0 Å². The number of aliphatic imine (C=N–C) groups is 2. The third-order valence-electron chi connectivity index (χ3n) is 1.02. The molecule has 0 saturated heterocycles. The van der Waals surface area contributed by atoms with Gasteiger partial charge in [-0.05, 0) is 20.8 Å². The molecule has 0 aromatic rings. The SMILES string of the molecule is CC=NC(=NC(C)C)N(C)C. The monoisotopic (exact) mass is 155 g/mol. The van der Waals surface area contributed by atoms with Gasteiger partial charge in [0.15, 0.2) is 0 Å². The summed E-state index contributed by atoms with van der Waals surface area (Å²) in [5, 5.41) is 0. The lowest BCUT2D eigenvalue weighted by molar-refractivity contribution is 0.603. The van der Waals surface area contributed by atoms with Crippen LogP contribution in [0.2, 0.25) is 0 Å². The fraction of sp³-hybridized carbons (Fsp3) is 0.750. The van der Waals surface area contributed by atoms with Gasteiger partial charge in [0.05, 0.1) is 0 Å². The molecule has 0 fully saturated rings. The minimum Gasteiger partial charge on any atom is -0.347 e. The van der Waals surface area contributed by atoms with Crippen LogP contribution in [0, 0.1) is 0 Å². The van der Waals surface area contributed by atoms with Crippen LogP contribution in [0.3, 0.4) is 0 Å². The van der Waals surface area contributed by atoms with Gasteiger partial charge in [-0.15, -0.1) is 0 Å². The highest BCUT2D eigenvalue weighted by Gasteiger charge is 1.98. The lowest BCUT2D eigenvalue weighted by Crippen LogP contribution is -2.21. The van der Waals surface area contributed by atoms with E-state index in [1.807, 2.05) is 39.8 Å². The average molecular weight is 155 g/mol. The fourth-order valence-electron chi connectivity index (χ4n) is 0.611.